The lowest BCUT2D eigenvalue weighted by molar-refractivity contribution is 0.301. The average Bonchev–Trinajstić information content (AvgIpc) is 2.47. The molecule has 0 fully saturated rings. The minimum Gasteiger partial charge on any atom is -0.489 e. The van der Waals surface area contributed by atoms with Gasteiger partial charge in [0.05, 0.1) is 0 Å². The van der Waals surface area contributed by atoms with E-state index in [0.717, 1.165) is 24.4 Å². The molecule has 0 spiro atoms. The first kappa shape index (κ1) is 14.8. The van der Waals surface area contributed by atoms with Crippen LogP contribution in [0, 0.1) is 5.82 Å². The van der Waals surface area contributed by atoms with E-state index >= 15 is 0 Å². The van der Waals surface area contributed by atoms with Gasteiger partial charge in [-0.1, -0.05) is 36.7 Å². The molecule has 0 bridgehead atoms. The van der Waals surface area contributed by atoms with E-state index in [0.29, 0.717) is 10.6 Å². The Morgan fingerprint density at radius 3 is 2.75 bits per heavy atom. The number of ether oxygens (including phenoxy) is 1. The predicted molar refractivity (Wildman–Crippen MR) is 79.6 cm³/mol. The van der Waals surface area contributed by atoms with E-state index in [4.69, 9.17) is 16.3 Å². The zero-order chi connectivity index (χ0) is 14.4. The van der Waals surface area contributed by atoms with Gasteiger partial charge in [0.15, 0.2) is 0 Å². The Hall–Kier alpha value is -1.58. The number of para-hydroxylation sites is 1. The molecule has 0 heterocycles. The Bertz CT molecular complexity index is 574. The summed E-state index contributed by atoms with van der Waals surface area (Å²) < 4.78 is 19.0. The lowest BCUT2D eigenvalue weighted by Gasteiger charge is -2.12. The highest BCUT2D eigenvalue weighted by Gasteiger charge is 2.06. The van der Waals surface area contributed by atoms with Crippen LogP contribution in [0.1, 0.15) is 18.1 Å². The highest BCUT2D eigenvalue weighted by atomic mass is 35.5. The number of halogens is 2. The first-order valence-electron chi connectivity index (χ1n) is 6.56. The summed E-state index contributed by atoms with van der Waals surface area (Å²) in [6.07, 6.45) is 0. The summed E-state index contributed by atoms with van der Waals surface area (Å²) >= 11 is 6.03. The molecule has 0 radical (unpaired) electrons. The Labute approximate surface area is 123 Å². The minimum atomic E-state index is -0.311. The summed E-state index contributed by atoms with van der Waals surface area (Å²) in [5, 5.41) is 3.77. The molecule has 106 valence electrons. The molecule has 0 saturated heterocycles. The molecular formula is C16H17ClFNO. The molecule has 0 aliphatic heterocycles. The van der Waals surface area contributed by atoms with Crippen LogP contribution in [-0.4, -0.2) is 6.54 Å². The van der Waals surface area contributed by atoms with Gasteiger partial charge in [0.25, 0.3) is 0 Å². The van der Waals surface area contributed by atoms with Crippen molar-refractivity contribution in [2.75, 3.05) is 6.54 Å². The summed E-state index contributed by atoms with van der Waals surface area (Å²) in [7, 11) is 0. The van der Waals surface area contributed by atoms with Gasteiger partial charge in [-0.25, -0.2) is 4.39 Å². The molecule has 2 aromatic rings. The smallest absolute Gasteiger partial charge is 0.124 e. The highest BCUT2D eigenvalue weighted by molar-refractivity contribution is 6.31. The Morgan fingerprint density at radius 2 is 1.95 bits per heavy atom. The standard InChI is InChI=1S/C16H17ClFNO/c1-2-19-10-12-5-3-4-6-16(12)20-11-13-9-14(18)7-8-15(13)17/h3-9,19H,2,10-11H2,1H3. The molecular weight excluding hydrogens is 277 g/mol. The van der Waals surface area contributed by atoms with E-state index in [2.05, 4.69) is 12.2 Å². The molecule has 0 unspecified atom stereocenters. The van der Waals surface area contributed by atoms with Crippen LogP contribution in [0.15, 0.2) is 42.5 Å². The van der Waals surface area contributed by atoms with Crippen molar-refractivity contribution >= 4 is 11.6 Å². The summed E-state index contributed by atoms with van der Waals surface area (Å²) in [6, 6.07) is 12.1. The van der Waals surface area contributed by atoms with Gasteiger partial charge < -0.3 is 10.1 Å². The molecule has 0 amide bonds. The quantitative estimate of drug-likeness (QED) is 0.863. The van der Waals surface area contributed by atoms with Crippen molar-refractivity contribution in [2.24, 2.45) is 0 Å². The van der Waals surface area contributed by atoms with Gasteiger partial charge in [-0.3, -0.25) is 0 Å². The summed E-state index contributed by atoms with van der Waals surface area (Å²) in [5.74, 6) is 0.475. The monoisotopic (exact) mass is 293 g/mol. The summed E-state index contributed by atoms with van der Waals surface area (Å²) in [6.45, 7) is 3.93. The van der Waals surface area contributed by atoms with Crippen LogP contribution in [0.5, 0.6) is 5.75 Å². The third-order valence-corrected chi connectivity index (χ3v) is 3.30. The van der Waals surface area contributed by atoms with Crippen LogP contribution in [0.3, 0.4) is 0 Å². The fourth-order valence-corrected chi connectivity index (χ4v) is 2.03. The molecule has 0 aliphatic rings. The van der Waals surface area contributed by atoms with Crippen molar-refractivity contribution in [2.45, 2.75) is 20.1 Å². The fraction of sp³-hybridized carbons (Fsp3) is 0.250. The van der Waals surface area contributed by atoms with Crippen molar-refractivity contribution < 1.29 is 9.13 Å². The van der Waals surface area contributed by atoms with Crippen molar-refractivity contribution in [1.29, 1.82) is 0 Å². The Kier molecular flexibility index (Phi) is 5.39. The van der Waals surface area contributed by atoms with E-state index in [9.17, 15) is 4.39 Å². The van der Waals surface area contributed by atoms with Crippen molar-refractivity contribution in [1.82, 2.24) is 5.32 Å². The fourth-order valence-electron chi connectivity index (χ4n) is 1.86. The SMILES string of the molecule is CCNCc1ccccc1OCc1cc(F)ccc1Cl. The normalized spacial score (nSPS) is 10.6. The molecule has 0 aliphatic carbocycles. The van der Waals surface area contributed by atoms with Gasteiger partial charge in [-0.05, 0) is 30.8 Å². The molecule has 1 N–H and O–H groups in total. The van der Waals surface area contributed by atoms with Crippen LogP contribution >= 0.6 is 11.6 Å². The molecule has 0 aromatic heterocycles. The molecule has 2 nitrogen and oxygen atoms in total. The van der Waals surface area contributed by atoms with Crippen molar-refractivity contribution in [3.63, 3.8) is 0 Å². The predicted octanol–water partition coefficient (Wildman–Crippen LogP) is 4.17. The van der Waals surface area contributed by atoms with Gasteiger partial charge in [0.1, 0.15) is 18.2 Å². The van der Waals surface area contributed by atoms with E-state index in [-0.39, 0.29) is 12.4 Å². The number of hydrogen-bond acceptors (Lipinski definition) is 2. The lowest BCUT2D eigenvalue weighted by atomic mass is 10.2. The van der Waals surface area contributed by atoms with Gasteiger partial charge in [0.2, 0.25) is 0 Å². The van der Waals surface area contributed by atoms with Gasteiger partial charge in [-0.2, -0.15) is 0 Å². The van der Waals surface area contributed by atoms with Crippen LogP contribution in [0.4, 0.5) is 4.39 Å². The zero-order valence-electron chi connectivity index (χ0n) is 11.3. The van der Waals surface area contributed by atoms with Gasteiger partial charge in [-0.15, -0.1) is 0 Å². The van der Waals surface area contributed by atoms with E-state index in [1.54, 1.807) is 6.07 Å². The highest BCUT2D eigenvalue weighted by Crippen LogP contribution is 2.22. The maximum atomic E-state index is 13.2. The third-order valence-electron chi connectivity index (χ3n) is 2.93. The van der Waals surface area contributed by atoms with Crippen LogP contribution in [-0.2, 0) is 13.2 Å². The zero-order valence-corrected chi connectivity index (χ0v) is 12.1. The van der Waals surface area contributed by atoms with Crippen LogP contribution in [0.2, 0.25) is 5.02 Å². The first-order valence-corrected chi connectivity index (χ1v) is 6.94. The Morgan fingerprint density at radius 1 is 1.15 bits per heavy atom. The topological polar surface area (TPSA) is 21.3 Å². The minimum absolute atomic E-state index is 0.250. The first-order chi connectivity index (χ1) is 9.70. The van der Waals surface area contributed by atoms with Crippen LogP contribution in [0.25, 0.3) is 0 Å². The molecule has 0 atom stereocenters. The van der Waals surface area contributed by atoms with Gasteiger partial charge >= 0.3 is 0 Å². The number of benzene rings is 2. The van der Waals surface area contributed by atoms with Gasteiger partial charge in [0, 0.05) is 22.7 Å². The molecule has 2 aromatic carbocycles. The largest absolute Gasteiger partial charge is 0.489 e. The van der Waals surface area contributed by atoms with E-state index in [1.165, 1.54) is 12.1 Å². The number of rotatable bonds is 6. The maximum Gasteiger partial charge on any atom is 0.124 e. The van der Waals surface area contributed by atoms with Crippen molar-refractivity contribution in [3.8, 4) is 5.75 Å². The number of hydrogen-bond donors (Lipinski definition) is 1. The molecule has 0 saturated carbocycles. The Balaban J connectivity index is 2.08. The lowest BCUT2D eigenvalue weighted by Crippen LogP contribution is -2.12. The molecule has 4 heteroatoms. The molecule has 20 heavy (non-hydrogen) atoms. The second-order valence-corrected chi connectivity index (χ2v) is 4.82. The van der Waals surface area contributed by atoms with Crippen molar-refractivity contribution in [3.05, 3.63) is 64.4 Å². The second kappa shape index (κ2) is 7.27. The third kappa shape index (κ3) is 3.95. The number of nitrogens with one attached hydrogen (secondary N) is 1. The summed E-state index contributed by atoms with van der Waals surface area (Å²) in [5.41, 5.74) is 1.71. The molecule has 2 rings (SSSR count). The summed E-state index contributed by atoms with van der Waals surface area (Å²) in [4.78, 5) is 0. The van der Waals surface area contributed by atoms with E-state index < -0.39 is 0 Å². The van der Waals surface area contributed by atoms with Crippen LogP contribution < -0.4 is 10.1 Å². The average molecular weight is 294 g/mol. The van der Waals surface area contributed by atoms with E-state index in [1.807, 2.05) is 24.3 Å². The maximum absolute atomic E-state index is 13.2. The second-order valence-electron chi connectivity index (χ2n) is 4.41.